The number of fused-ring (bicyclic) bond motifs is 2. The quantitative estimate of drug-likeness (QED) is 0.853. The number of ketones is 1. The lowest BCUT2D eigenvalue weighted by Gasteiger charge is -2.32. The first-order valence-electron chi connectivity index (χ1n) is 6.75. The SMILES string of the molecule is CC1(CS(=O)(=O)c2ccccc2)C(=O)C2CCC1C2. The van der Waals surface area contributed by atoms with Gasteiger partial charge in [0, 0.05) is 11.3 Å². The number of hydrogen-bond acceptors (Lipinski definition) is 3. The zero-order chi connectivity index (χ0) is 13.7. The predicted octanol–water partition coefficient (Wildman–Crippen LogP) is 2.47. The summed E-state index contributed by atoms with van der Waals surface area (Å²) in [5.74, 6) is 0.497. The first-order valence-corrected chi connectivity index (χ1v) is 8.41. The van der Waals surface area contributed by atoms with Crippen LogP contribution >= 0.6 is 0 Å². The van der Waals surface area contributed by atoms with E-state index in [0.29, 0.717) is 4.90 Å². The van der Waals surface area contributed by atoms with Gasteiger partial charge in [0.2, 0.25) is 0 Å². The van der Waals surface area contributed by atoms with Crippen molar-refractivity contribution < 1.29 is 13.2 Å². The van der Waals surface area contributed by atoms with E-state index in [0.717, 1.165) is 19.3 Å². The van der Waals surface area contributed by atoms with Gasteiger partial charge in [0.25, 0.3) is 0 Å². The molecule has 2 saturated carbocycles. The van der Waals surface area contributed by atoms with Crippen molar-refractivity contribution >= 4 is 15.6 Å². The van der Waals surface area contributed by atoms with Gasteiger partial charge in [-0.2, -0.15) is 0 Å². The molecule has 0 saturated heterocycles. The predicted molar refractivity (Wildman–Crippen MR) is 72.4 cm³/mol. The van der Waals surface area contributed by atoms with Gasteiger partial charge in [0.05, 0.1) is 10.6 Å². The van der Waals surface area contributed by atoms with E-state index in [9.17, 15) is 13.2 Å². The van der Waals surface area contributed by atoms with Crippen LogP contribution < -0.4 is 0 Å². The molecule has 19 heavy (non-hydrogen) atoms. The molecule has 0 amide bonds. The molecule has 0 heterocycles. The van der Waals surface area contributed by atoms with Crippen LogP contribution in [0, 0.1) is 17.3 Å². The summed E-state index contributed by atoms with van der Waals surface area (Å²) in [7, 11) is -3.38. The normalized spacial score (nSPS) is 33.8. The molecule has 3 nitrogen and oxygen atoms in total. The van der Waals surface area contributed by atoms with E-state index in [2.05, 4.69) is 0 Å². The van der Waals surface area contributed by atoms with E-state index < -0.39 is 15.3 Å². The van der Waals surface area contributed by atoms with Crippen LogP contribution in [0.25, 0.3) is 0 Å². The molecule has 2 aliphatic carbocycles. The lowest BCUT2D eigenvalue weighted by Crippen LogP contribution is -2.40. The highest BCUT2D eigenvalue weighted by Crippen LogP contribution is 2.54. The molecule has 3 unspecified atom stereocenters. The molecule has 0 radical (unpaired) electrons. The van der Waals surface area contributed by atoms with E-state index in [-0.39, 0.29) is 23.4 Å². The highest BCUT2D eigenvalue weighted by Gasteiger charge is 2.56. The van der Waals surface area contributed by atoms with Gasteiger partial charge in [-0.15, -0.1) is 0 Å². The zero-order valence-electron chi connectivity index (χ0n) is 11.0. The molecule has 0 aromatic heterocycles. The standard InChI is InChI=1S/C15H18O3S/c1-15(12-8-7-11(9-12)14(15)16)10-19(17,18)13-5-3-2-4-6-13/h2-6,11-12H,7-10H2,1H3. The molecule has 2 aliphatic rings. The van der Waals surface area contributed by atoms with Crippen LogP contribution in [0.2, 0.25) is 0 Å². The molecule has 102 valence electrons. The molecule has 4 heteroatoms. The number of carbonyl (C=O) groups excluding carboxylic acids is 1. The Morgan fingerprint density at radius 3 is 2.47 bits per heavy atom. The second-order valence-corrected chi connectivity index (χ2v) is 8.05. The monoisotopic (exact) mass is 278 g/mol. The van der Waals surface area contributed by atoms with Crippen LogP contribution in [0.5, 0.6) is 0 Å². The number of carbonyl (C=O) groups is 1. The third kappa shape index (κ3) is 1.93. The number of sulfone groups is 1. The summed E-state index contributed by atoms with van der Waals surface area (Å²) >= 11 is 0. The molecule has 2 bridgehead atoms. The molecular weight excluding hydrogens is 260 g/mol. The Balaban J connectivity index is 1.92. The molecule has 0 aliphatic heterocycles. The van der Waals surface area contributed by atoms with Gasteiger partial charge in [-0.25, -0.2) is 8.42 Å². The van der Waals surface area contributed by atoms with Crippen LogP contribution in [-0.4, -0.2) is 20.0 Å². The zero-order valence-corrected chi connectivity index (χ0v) is 11.8. The first kappa shape index (κ1) is 12.9. The molecule has 0 N–H and O–H groups in total. The van der Waals surface area contributed by atoms with E-state index >= 15 is 0 Å². The molecular formula is C15H18O3S. The van der Waals surface area contributed by atoms with Gasteiger partial charge in [0.1, 0.15) is 5.78 Å². The van der Waals surface area contributed by atoms with Gasteiger partial charge in [0.15, 0.2) is 9.84 Å². The van der Waals surface area contributed by atoms with Crippen LogP contribution in [-0.2, 0) is 14.6 Å². The topological polar surface area (TPSA) is 51.2 Å². The minimum atomic E-state index is -3.38. The summed E-state index contributed by atoms with van der Waals surface area (Å²) in [5.41, 5.74) is -0.669. The van der Waals surface area contributed by atoms with Crippen molar-refractivity contribution in [3.8, 4) is 0 Å². The Morgan fingerprint density at radius 1 is 1.21 bits per heavy atom. The highest BCUT2D eigenvalue weighted by molar-refractivity contribution is 7.91. The third-order valence-electron chi connectivity index (χ3n) is 4.86. The van der Waals surface area contributed by atoms with Crippen LogP contribution in [0.4, 0.5) is 0 Å². The van der Waals surface area contributed by atoms with Gasteiger partial charge in [-0.1, -0.05) is 25.1 Å². The fraction of sp³-hybridized carbons (Fsp3) is 0.533. The minimum absolute atomic E-state index is 0.0377. The highest BCUT2D eigenvalue weighted by atomic mass is 32.2. The maximum absolute atomic E-state index is 12.5. The van der Waals surface area contributed by atoms with E-state index in [1.807, 2.05) is 6.92 Å². The lowest BCUT2D eigenvalue weighted by molar-refractivity contribution is -0.130. The van der Waals surface area contributed by atoms with E-state index in [1.54, 1.807) is 30.3 Å². The first-order chi connectivity index (χ1) is 8.93. The molecule has 3 atom stereocenters. The van der Waals surface area contributed by atoms with Gasteiger partial charge >= 0.3 is 0 Å². The van der Waals surface area contributed by atoms with E-state index in [4.69, 9.17) is 0 Å². The summed E-state index contributed by atoms with van der Waals surface area (Å²) < 4.78 is 24.9. The summed E-state index contributed by atoms with van der Waals surface area (Å²) in [5, 5.41) is 0. The molecule has 3 rings (SSSR count). The summed E-state index contributed by atoms with van der Waals surface area (Å²) in [6, 6.07) is 8.45. The van der Waals surface area contributed by atoms with Crippen molar-refractivity contribution in [1.82, 2.24) is 0 Å². The van der Waals surface area contributed by atoms with Crippen molar-refractivity contribution in [1.29, 1.82) is 0 Å². The van der Waals surface area contributed by atoms with Gasteiger partial charge in [-0.3, -0.25) is 4.79 Å². The maximum atomic E-state index is 12.5. The Hall–Kier alpha value is -1.16. The second kappa shape index (κ2) is 4.17. The molecule has 2 fully saturated rings. The fourth-order valence-corrected chi connectivity index (χ4v) is 5.67. The van der Waals surface area contributed by atoms with Gasteiger partial charge < -0.3 is 0 Å². The Bertz CT molecular complexity index is 606. The average molecular weight is 278 g/mol. The van der Waals surface area contributed by atoms with Crippen molar-refractivity contribution in [2.24, 2.45) is 17.3 Å². The van der Waals surface area contributed by atoms with E-state index in [1.165, 1.54) is 0 Å². The number of rotatable bonds is 3. The third-order valence-corrected chi connectivity index (χ3v) is 6.83. The minimum Gasteiger partial charge on any atom is -0.299 e. The van der Waals surface area contributed by atoms with Crippen molar-refractivity contribution in [3.05, 3.63) is 30.3 Å². The maximum Gasteiger partial charge on any atom is 0.179 e. The molecule has 0 spiro atoms. The Morgan fingerprint density at radius 2 is 1.89 bits per heavy atom. The molecule has 1 aromatic rings. The Labute approximate surface area is 113 Å². The fourth-order valence-electron chi connectivity index (χ4n) is 3.76. The van der Waals surface area contributed by atoms with Crippen molar-refractivity contribution in [3.63, 3.8) is 0 Å². The van der Waals surface area contributed by atoms with Gasteiger partial charge in [-0.05, 0) is 37.3 Å². The second-order valence-electron chi connectivity index (χ2n) is 6.06. The van der Waals surface area contributed by atoms with Crippen molar-refractivity contribution in [2.45, 2.75) is 31.1 Å². The average Bonchev–Trinajstić information content (AvgIpc) is 2.94. The smallest absolute Gasteiger partial charge is 0.179 e. The van der Waals surface area contributed by atoms with Crippen LogP contribution in [0.1, 0.15) is 26.2 Å². The largest absolute Gasteiger partial charge is 0.299 e. The molecule has 1 aromatic carbocycles. The van der Waals surface area contributed by atoms with Crippen LogP contribution in [0.15, 0.2) is 35.2 Å². The lowest BCUT2D eigenvalue weighted by atomic mass is 9.75. The summed E-state index contributed by atoms with van der Waals surface area (Å²) in [4.78, 5) is 12.7. The van der Waals surface area contributed by atoms with Crippen LogP contribution in [0.3, 0.4) is 0 Å². The Kier molecular flexibility index (Phi) is 2.82. The summed E-state index contributed by atoms with van der Waals surface area (Å²) in [6.07, 6.45) is 2.83. The number of benzene rings is 1. The summed E-state index contributed by atoms with van der Waals surface area (Å²) in [6.45, 7) is 1.85. The number of hydrogen-bond donors (Lipinski definition) is 0. The van der Waals surface area contributed by atoms with Crippen molar-refractivity contribution in [2.75, 3.05) is 5.75 Å². The number of Topliss-reactive ketones (excluding diaryl/α,β-unsaturated/α-hetero) is 1.